The molecule has 0 bridgehead atoms. The summed E-state index contributed by atoms with van der Waals surface area (Å²) in [6.45, 7) is 3.15. The Morgan fingerprint density at radius 2 is 1.96 bits per heavy atom. The van der Waals surface area contributed by atoms with Crippen molar-refractivity contribution in [2.45, 2.75) is 31.8 Å². The molecule has 128 valence electrons. The molecule has 2 aromatic rings. The molecule has 1 atom stereocenters. The molecule has 25 heavy (non-hydrogen) atoms. The molecule has 1 saturated heterocycles. The fourth-order valence-corrected chi connectivity index (χ4v) is 3.78. The van der Waals surface area contributed by atoms with Crippen LogP contribution in [0.4, 0.5) is 11.4 Å². The number of rotatable bonds is 3. The van der Waals surface area contributed by atoms with Crippen molar-refractivity contribution < 1.29 is 9.59 Å². The van der Waals surface area contributed by atoms with Gasteiger partial charge in [-0.3, -0.25) is 14.5 Å². The standard InChI is InChI=1S/C20H21N3O2/c1-14(24)21-17-8-6-15(7-9-17)13-23-11-10-20(23)12-16-4-2-3-5-18(16)22-19(20)25/h2-9H,10-13H2,1H3,(H,21,24)(H,22,25). The number of hydrogen-bond acceptors (Lipinski definition) is 3. The molecule has 5 heteroatoms. The number of nitrogens with one attached hydrogen (secondary N) is 2. The van der Waals surface area contributed by atoms with Crippen molar-refractivity contribution in [1.29, 1.82) is 0 Å². The van der Waals surface area contributed by atoms with Crippen LogP contribution in [0.25, 0.3) is 0 Å². The first-order valence-corrected chi connectivity index (χ1v) is 8.58. The van der Waals surface area contributed by atoms with E-state index in [-0.39, 0.29) is 11.8 Å². The first kappa shape index (κ1) is 15.8. The summed E-state index contributed by atoms with van der Waals surface area (Å²) in [5, 5.41) is 5.84. The molecule has 1 spiro atoms. The summed E-state index contributed by atoms with van der Waals surface area (Å²) in [5.74, 6) is 0.0271. The molecule has 5 nitrogen and oxygen atoms in total. The monoisotopic (exact) mass is 335 g/mol. The number of carbonyl (C=O) groups excluding carboxylic acids is 2. The van der Waals surface area contributed by atoms with Crippen molar-refractivity contribution >= 4 is 23.2 Å². The van der Waals surface area contributed by atoms with Crippen LogP contribution in [-0.4, -0.2) is 28.8 Å². The van der Waals surface area contributed by atoms with Gasteiger partial charge < -0.3 is 10.6 Å². The number of para-hydroxylation sites is 1. The molecule has 0 radical (unpaired) electrons. The van der Waals surface area contributed by atoms with E-state index in [1.54, 1.807) is 0 Å². The number of carbonyl (C=O) groups is 2. The molecule has 2 aliphatic heterocycles. The molecule has 1 unspecified atom stereocenters. The van der Waals surface area contributed by atoms with E-state index in [1.165, 1.54) is 12.5 Å². The summed E-state index contributed by atoms with van der Waals surface area (Å²) >= 11 is 0. The Labute approximate surface area is 147 Å². The Bertz CT molecular complexity index is 831. The molecule has 4 rings (SSSR count). The number of benzene rings is 2. The number of fused-ring (bicyclic) bond motifs is 1. The third kappa shape index (κ3) is 2.81. The first-order chi connectivity index (χ1) is 12.1. The lowest BCUT2D eigenvalue weighted by Crippen LogP contribution is -2.68. The van der Waals surface area contributed by atoms with Gasteiger partial charge in [-0.1, -0.05) is 30.3 Å². The number of hydrogen-bond donors (Lipinski definition) is 2. The maximum Gasteiger partial charge on any atom is 0.245 e. The molecule has 2 aliphatic rings. The predicted molar refractivity (Wildman–Crippen MR) is 97.3 cm³/mol. The molecule has 0 saturated carbocycles. The van der Waals surface area contributed by atoms with Crippen molar-refractivity contribution in [1.82, 2.24) is 4.90 Å². The molecular weight excluding hydrogens is 314 g/mol. The largest absolute Gasteiger partial charge is 0.326 e. The fraction of sp³-hybridized carbons (Fsp3) is 0.300. The second kappa shape index (κ2) is 6.01. The second-order valence-electron chi connectivity index (χ2n) is 6.87. The third-order valence-electron chi connectivity index (χ3n) is 5.22. The van der Waals surface area contributed by atoms with Crippen LogP contribution >= 0.6 is 0 Å². The van der Waals surface area contributed by atoms with Gasteiger partial charge in [-0.25, -0.2) is 0 Å². The van der Waals surface area contributed by atoms with Crippen molar-refractivity contribution in [2.24, 2.45) is 0 Å². The number of anilines is 2. The maximum atomic E-state index is 12.7. The molecule has 0 aliphatic carbocycles. The van der Waals surface area contributed by atoms with Crippen molar-refractivity contribution in [3.8, 4) is 0 Å². The van der Waals surface area contributed by atoms with Gasteiger partial charge in [0.1, 0.15) is 5.54 Å². The number of amides is 2. The first-order valence-electron chi connectivity index (χ1n) is 8.58. The molecule has 1 fully saturated rings. The zero-order valence-corrected chi connectivity index (χ0v) is 14.2. The Morgan fingerprint density at radius 1 is 1.20 bits per heavy atom. The third-order valence-corrected chi connectivity index (χ3v) is 5.22. The summed E-state index contributed by atoms with van der Waals surface area (Å²) in [6, 6.07) is 15.8. The average Bonchev–Trinajstić information content (AvgIpc) is 2.59. The van der Waals surface area contributed by atoms with Gasteiger partial charge in [0.05, 0.1) is 0 Å². The lowest BCUT2D eigenvalue weighted by atomic mass is 9.75. The number of likely N-dealkylation sites (tertiary alicyclic amines) is 1. The minimum Gasteiger partial charge on any atom is -0.326 e. The van der Waals surface area contributed by atoms with Gasteiger partial charge in [-0.2, -0.15) is 0 Å². The van der Waals surface area contributed by atoms with Crippen LogP contribution in [0.1, 0.15) is 24.5 Å². The van der Waals surface area contributed by atoms with Gasteiger partial charge in [0, 0.05) is 37.8 Å². The SMILES string of the molecule is CC(=O)Nc1ccc(CN2CCC23Cc2ccccc2NC3=O)cc1. The van der Waals surface area contributed by atoms with E-state index >= 15 is 0 Å². The quantitative estimate of drug-likeness (QED) is 0.907. The van der Waals surface area contributed by atoms with Gasteiger partial charge in [0.15, 0.2) is 0 Å². The van der Waals surface area contributed by atoms with Crippen LogP contribution in [-0.2, 0) is 22.6 Å². The van der Waals surface area contributed by atoms with E-state index in [9.17, 15) is 9.59 Å². The minimum atomic E-state index is -0.426. The van der Waals surface area contributed by atoms with Crippen LogP contribution in [0.2, 0.25) is 0 Å². The highest BCUT2D eigenvalue weighted by molar-refractivity contribution is 6.02. The van der Waals surface area contributed by atoms with Crippen molar-refractivity contribution in [2.75, 3.05) is 17.2 Å². The van der Waals surface area contributed by atoms with Crippen molar-refractivity contribution in [3.63, 3.8) is 0 Å². The van der Waals surface area contributed by atoms with Crippen LogP contribution in [0, 0.1) is 0 Å². The zero-order valence-electron chi connectivity index (χ0n) is 14.2. The minimum absolute atomic E-state index is 0.0769. The Kier molecular flexibility index (Phi) is 3.81. The van der Waals surface area contributed by atoms with Crippen LogP contribution < -0.4 is 10.6 Å². The number of nitrogens with zero attached hydrogens (tertiary/aromatic N) is 1. The average molecular weight is 335 g/mol. The highest BCUT2D eigenvalue weighted by Crippen LogP contribution is 2.41. The lowest BCUT2D eigenvalue weighted by Gasteiger charge is -2.53. The summed E-state index contributed by atoms with van der Waals surface area (Å²) < 4.78 is 0. The van der Waals surface area contributed by atoms with Gasteiger partial charge in [0.2, 0.25) is 11.8 Å². The summed E-state index contributed by atoms with van der Waals surface area (Å²) in [6.07, 6.45) is 1.65. The van der Waals surface area contributed by atoms with Crippen LogP contribution in [0.15, 0.2) is 48.5 Å². The molecule has 2 amide bonds. The van der Waals surface area contributed by atoms with Crippen LogP contribution in [0.3, 0.4) is 0 Å². The van der Waals surface area contributed by atoms with E-state index in [4.69, 9.17) is 0 Å². The Morgan fingerprint density at radius 3 is 2.64 bits per heavy atom. The van der Waals surface area contributed by atoms with E-state index < -0.39 is 5.54 Å². The highest BCUT2D eigenvalue weighted by atomic mass is 16.2. The van der Waals surface area contributed by atoms with Gasteiger partial charge >= 0.3 is 0 Å². The second-order valence-corrected chi connectivity index (χ2v) is 6.87. The highest BCUT2D eigenvalue weighted by Gasteiger charge is 2.52. The molecular formula is C20H21N3O2. The Balaban J connectivity index is 1.51. The summed E-state index contributed by atoms with van der Waals surface area (Å²) in [7, 11) is 0. The smallest absolute Gasteiger partial charge is 0.245 e. The van der Waals surface area contributed by atoms with E-state index in [1.807, 2.05) is 42.5 Å². The Hall–Kier alpha value is -2.66. The zero-order chi connectivity index (χ0) is 17.4. The molecule has 0 aromatic heterocycles. The molecule has 2 aromatic carbocycles. The van der Waals surface area contributed by atoms with Crippen molar-refractivity contribution in [3.05, 3.63) is 59.7 Å². The van der Waals surface area contributed by atoms with E-state index in [0.717, 1.165) is 42.9 Å². The molecule has 2 N–H and O–H groups in total. The maximum absolute atomic E-state index is 12.7. The predicted octanol–water partition coefficient (Wildman–Crippen LogP) is 2.78. The normalized spacial score (nSPS) is 22.0. The van der Waals surface area contributed by atoms with Gasteiger partial charge in [0.25, 0.3) is 0 Å². The molecule has 2 heterocycles. The topological polar surface area (TPSA) is 61.4 Å². The van der Waals surface area contributed by atoms with Gasteiger partial charge in [-0.05, 0) is 35.7 Å². The summed E-state index contributed by atoms with van der Waals surface area (Å²) in [4.78, 5) is 26.1. The fourth-order valence-electron chi connectivity index (χ4n) is 3.78. The lowest BCUT2D eigenvalue weighted by molar-refractivity contribution is -0.139. The summed E-state index contributed by atoms with van der Waals surface area (Å²) in [5.41, 5.74) is 3.64. The van der Waals surface area contributed by atoms with E-state index in [0.29, 0.717) is 0 Å². The van der Waals surface area contributed by atoms with Crippen LogP contribution in [0.5, 0.6) is 0 Å². The van der Waals surface area contributed by atoms with Gasteiger partial charge in [-0.15, -0.1) is 0 Å². The van der Waals surface area contributed by atoms with E-state index in [2.05, 4.69) is 21.6 Å².